The van der Waals surface area contributed by atoms with Crippen molar-refractivity contribution >= 4 is 29.6 Å². The summed E-state index contributed by atoms with van der Waals surface area (Å²) < 4.78 is 23.7. The quantitative estimate of drug-likeness (QED) is 0.613. The van der Waals surface area contributed by atoms with Crippen molar-refractivity contribution in [2.24, 2.45) is 0 Å². The van der Waals surface area contributed by atoms with Crippen LogP contribution in [0.25, 0.3) is 6.08 Å². The fourth-order valence-electron chi connectivity index (χ4n) is 1.59. The summed E-state index contributed by atoms with van der Waals surface area (Å²) >= 11 is 3.39. The smallest absolute Gasteiger partial charge is 0.309 e. The molecule has 0 N–H and O–H groups in total. The third kappa shape index (κ3) is 6.53. The summed E-state index contributed by atoms with van der Waals surface area (Å²) in [5.41, 5.74) is 1.12. The molecule has 0 saturated carbocycles. The maximum absolute atomic E-state index is 12.2. The molecule has 3 nitrogen and oxygen atoms in total. The molecular weight excluding hydrogens is 327 g/mol. The lowest BCUT2D eigenvalue weighted by Gasteiger charge is -2.15. The lowest BCUT2D eigenvalue weighted by atomic mass is 10.2. The Morgan fingerprint density at radius 2 is 1.74 bits per heavy atom. The highest BCUT2D eigenvalue weighted by atomic mass is 79.9. The van der Waals surface area contributed by atoms with Gasteiger partial charge >= 0.3 is 7.60 Å². The van der Waals surface area contributed by atoms with Crippen LogP contribution in [0.4, 0.5) is 0 Å². The topological polar surface area (TPSA) is 35.5 Å². The van der Waals surface area contributed by atoms with Crippen LogP contribution < -0.4 is 0 Å². The Bertz CT molecular complexity index is 433. The minimum Gasteiger partial charge on any atom is -0.309 e. The first-order chi connectivity index (χ1) is 9.09. The van der Waals surface area contributed by atoms with E-state index in [2.05, 4.69) is 15.9 Å². The lowest BCUT2D eigenvalue weighted by molar-refractivity contribution is 0.220. The van der Waals surface area contributed by atoms with Gasteiger partial charge in [0.25, 0.3) is 0 Å². The summed E-state index contributed by atoms with van der Waals surface area (Å²) in [5, 5.41) is 0. The Labute approximate surface area is 123 Å². The highest BCUT2D eigenvalue weighted by Gasteiger charge is 2.21. The normalized spacial score (nSPS) is 12.2. The Hall–Kier alpha value is -0.410. The summed E-state index contributed by atoms with van der Waals surface area (Å²) in [6.07, 6.45) is 5.09. The lowest BCUT2D eigenvalue weighted by Crippen LogP contribution is -1.99. The third-order valence-electron chi connectivity index (χ3n) is 2.40. The predicted octanol–water partition coefficient (Wildman–Crippen LogP) is 5.12. The summed E-state index contributed by atoms with van der Waals surface area (Å²) in [6.45, 7) is 4.47. The molecule has 19 heavy (non-hydrogen) atoms. The summed E-state index contributed by atoms with van der Waals surface area (Å²) in [7, 11) is -2.91. The molecule has 0 aliphatic carbocycles. The van der Waals surface area contributed by atoms with Crippen LogP contribution in [0.3, 0.4) is 0 Å². The van der Waals surface area contributed by atoms with Gasteiger partial charge in [0.05, 0.1) is 19.4 Å². The van der Waals surface area contributed by atoms with E-state index in [1.165, 1.54) is 0 Å². The zero-order chi connectivity index (χ0) is 14.1. The van der Waals surface area contributed by atoms with Gasteiger partial charge in [0.2, 0.25) is 0 Å². The van der Waals surface area contributed by atoms with Crippen molar-refractivity contribution in [1.29, 1.82) is 0 Å². The van der Waals surface area contributed by atoms with Crippen LogP contribution >= 0.6 is 23.5 Å². The molecule has 0 aliphatic heterocycles. The molecule has 0 aromatic heterocycles. The maximum atomic E-state index is 12.2. The Morgan fingerprint density at radius 3 is 2.26 bits per heavy atom. The van der Waals surface area contributed by atoms with Gasteiger partial charge in [-0.1, -0.05) is 40.2 Å². The van der Waals surface area contributed by atoms with Gasteiger partial charge in [-0.3, -0.25) is 4.57 Å². The van der Waals surface area contributed by atoms with Crippen molar-refractivity contribution in [1.82, 2.24) is 0 Å². The van der Waals surface area contributed by atoms with Crippen LogP contribution in [-0.4, -0.2) is 19.4 Å². The number of benzene rings is 1. The van der Waals surface area contributed by atoms with Crippen LogP contribution in [0.15, 0.2) is 34.8 Å². The first-order valence-electron chi connectivity index (χ1n) is 6.40. The minimum absolute atomic E-state index is 0.410. The molecule has 0 heterocycles. The molecule has 5 heteroatoms. The fourth-order valence-corrected chi connectivity index (χ4v) is 3.43. The highest BCUT2D eigenvalue weighted by molar-refractivity contribution is 9.10. The van der Waals surface area contributed by atoms with Crippen molar-refractivity contribution in [2.45, 2.75) is 20.3 Å². The van der Waals surface area contributed by atoms with Gasteiger partial charge in [0, 0.05) is 4.47 Å². The molecule has 0 radical (unpaired) electrons. The molecule has 106 valence electrons. The Balaban J connectivity index is 2.47. The van der Waals surface area contributed by atoms with E-state index in [4.69, 9.17) is 9.05 Å². The van der Waals surface area contributed by atoms with E-state index in [-0.39, 0.29) is 0 Å². The van der Waals surface area contributed by atoms with Crippen molar-refractivity contribution in [3.8, 4) is 0 Å². The monoisotopic (exact) mass is 346 g/mol. The van der Waals surface area contributed by atoms with E-state index >= 15 is 0 Å². The average molecular weight is 347 g/mol. The molecule has 1 aromatic rings. The largest absolute Gasteiger partial charge is 0.330 e. The molecule has 1 aromatic carbocycles. The van der Waals surface area contributed by atoms with E-state index in [1.54, 1.807) is 0 Å². The second kappa shape index (κ2) is 8.70. The van der Waals surface area contributed by atoms with Crippen molar-refractivity contribution in [2.75, 3.05) is 19.4 Å². The Kier molecular flexibility index (Phi) is 7.62. The van der Waals surface area contributed by atoms with E-state index in [1.807, 2.05) is 50.3 Å². The highest BCUT2D eigenvalue weighted by Crippen LogP contribution is 2.48. The maximum Gasteiger partial charge on any atom is 0.330 e. The van der Waals surface area contributed by atoms with Gasteiger partial charge in [-0.15, -0.1) is 0 Å². The molecule has 0 fully saturated rings. The van der Waals surface area contributed by atoms with Crippen LogP contribution in [-0.2, 0) is 13.6 Å². The Morgan fingerprint density at radius 1 is 1.16 bits per heavy atom. The predicted molar refractivity (Wildman–Crippen MR) is 83.5 cm³/mol. The van der Waals surface area contributed by atoms with Gasteiger partial charge in [0.15, 0.2) is 0 Å². The van der Waals surface area contributed by atoms with E-state index in [0.29, 0.717) is 25.8 Å². The third-order valence-corrected chi connectivity index (χ3v) is 5.04. The molecule has 1 rings (SSSR count). The second-order valence-electron chi connectivity index (χ2n) is 3.91. The molecule has 0 atom stereocenters. The standard InChI is InChI=1S/C14H20BrO3P/c1-3-17-19(16,18-4-2)12-6-5-7-13-8-10-14(15)11-9-13/h5,7-11H,3-4,6,12H2,1-2H3/b7-5+. The van der Waals surface area contributed by atoms with Crippen LogP contribution in [0.2, 0.25) is 0 Å². The van der Waals surface area contributed by atoms with Gasteiger partial charge in [-0.05, 0) is 38.0 Å². The molecular formula is C14H20BrO3P. The summed E-state index contributed by atoms with van der Waals surface area (Å²) in [5.74, 6) is 0. The van der Waals surface area contributed by atoms with Crippen LogP contribution in [0.1, 0.15) is 25.8 Å². The first kappa shape index (κ1) is 16.6. The molecule has 0 unspecified atom stereocenters. The zero-order valence-electron chi connectivity index (χ0n) is 11.3. The van der Waals surface area contributed by atoms with Crippen molar-refractivity contribution in [3.05, 3.63) is 40.4 Å². The molecule has 0 aliphatic rings. The van der Waals surface area contributed by atoms with Gasteiger partial charge < -0.3 is 9.05 Å². The molecule has 0 bridgehead atoms. The van der Waals surface area contributed by atoms with Crippen LogP contribution in [0.5, 0.6) is 0 Å². The van der Waals surface area contributed by atoms with Gasteiger partial charge in [-0.2, -0.15) is 0 Å². The first-order valence-corrected chi connectivity index (χ1v) is 8.92. The molecule has 0 saturated heterocycles. The molecule has 0 spiro atoms. The molecule has 0 amide bonds. The number of hydrogen-bond acceptors (Lipinski definition) is 3. The zero-order valence-corrected chi connectivity index (χ0v) is 13.8. The minimum atomic E-state index is -2.91. The van der Waals surface area contributed by atoms with Gasteiger partial charge in [-0.25, -0.2) is 0 Å². The van der Waals surface area contributed by atoms with Gasteiger partial charge in [0.1, 0.15) is 0 Å². The number of halogens is 1. The number of allylic oxidation sites excluding steroid dienone is 1. The van der Waals surface area contributed by atoms with E-state index in [9.17, 15) is 4.57 Å². The summed E-state index contributed by atoms with van der Waals surface area (Å²) in [6, 6.07) is 8.02. The SMILES string of the molecule is CCOP(=O)(CC/C=C/c1ccc(Br)cc1)OCC. The number of hydrogen-bond donors (Lipinski definition) is 0. The fraction of sp³-hybridized carbons (Fsp3) is 0.429. The second-order valence-corrected chi connectivity index (χ2v) is 7.01. The van der Waals surface area contributed by atoms with E-state index < -0.39 is 7.60 Å². The van der Waals surface area contributed by atoms with Crippen LogP contribution in [0, 0.1) is 0 Å². The van der Waals surface area contributed by atoms with E-state index in [0.717, 1.165) is 10.0 Å². The summed E-state index contributed by atoms with van der Waals surface area (Å²) in [4.78, 5) is 0. The number of rotatable bonds is 8. The van der Waals surface area contributed by atoms with Crippen molar-refractivity contribution < 1.29 is 13.6 Å². The van der Waals surface area contributed by atoms with Crippen molar-refractivity contribution in [3.63, 3.8) is 0 Å². The average Bonchev–Trinajstić information content (AvgIpc) is 2.37.